The maximum atomic E-state index is 12.2. The molecule has 0 fully saturated rings. The van der Waals surface area contributed by atoms with E-state index in [2.05, 4.69) is 20.6 Å². The number of aromatic nitrogens is 3. The Morgan fingerprint density at radius 2 is 1.83 bits per heavy atom. The third-order valence-electron chi connectivity index (χ3n) is 3.27. The van der Waals surface area contributed by atoms with Crippen molar-refractivity contribution in [3.8, 4) is 0 Å². The van der Waals surface area contributed by atoms with E-state index in [1.165, 1.54) is 0 Å². The lowest BCUT2D eigenvalue weighted by atomic mass is 10.2. The molecule has 2 aromatic heterocycles. The van der Waals surface area contributed by atoms with Crippen molar-refractivity contribution < 1.29 is 4.79 Å². The van der Waals surface area contributed by atoms with E-state index in [1.54, 1.807) is 30.6 Å². The monoisotopic (exact) mass is 307 g/mol. The molecule has 3 rings (SSSR count). The van der Waals surface area contributed by atoms with Gasteiger partial charge >= 0.3 is 0 Å². The number of nitrogens with zero attached hydrogens (tertiary/aromatic N) is 3. The normalized spacial score (nSPS) is 10.3. The molecule has 0 unspecified atom stereocenters. The summed E-state index contributed by atoms with van der Waals surface area (Å²) in [5, 5.41) is 5.98. The van der Waals surface area contributed by atoms with Crippen LogP contribution in [0.3, 0.4) is 0 Å². The second kappa shape index (κ2) is 7.22. The van der Waals surface area contributed by atoms with Crippen molar-refractivity contribution in [1.29, 1.82) is 0 Å². The fourth-order valence-electron chi connectivity index (χ4n) is 2.15. The molecule has 0 saturated heterocycles. The van der Waals surface area contributed by atoms with E-state index in [1.807, 2.05) is 41.2 Å². The third-order valence-corrected chi connectivity index (χ3v) is 3.27. The largest absolute Gasteiger partial charge is 0.353 e. The summed E-state index contributed by atoms with van der Waals surface area (Å²) in [6.07, 6.45) is 7.26. The molecule has 2 N–H and O–H groups in total. The zero-order valence-corrected chi connectivity index (χ0v) is 12.5. The molecule has 0 aliphatic rings. The summed E-state index contributed by atoms with van der Waals surface area (Å²) in [5.74, 6) is 0.396. The van der Waals surface area contributed by atoms with Crippen LogP contribution in [-0.2, 0) is 6.54 Å². The summed E-state index contributed by atoms with van der Waals surface area (Å²) in [6, 6.07) is 12.9. The molecule has 23 heavy (non-hydrogen) atoms. The van der Waals surface area contributed by atoms with Gasteiger partial charge in [0.05, 0.1) is 0 Å². The number of amides is 1. The Morgan fingerprint density at radius 3 is 2.61 bits per heavy atom. The van der Waals surface area contributed by atoms with Gasteiger partial charge in [-0.2, -0.15) is 0 Å². The van der Waals surface area contributed by atoms with Crippen molar-refractivity contribution in [3.63, 3.8) is 0 Å². The summed E-state index contributed by atoms with van der Waals surface area (Å²) in [6.45, 7) is 1.32. The maximum Gasteiger partial charge on any atom is 0.251 e. The first-order valence-corrected chi connectivity index (χ1v) is 7.34. The highest BCUT2D eigenvalue weighted by Gasteiger charge is 2.06. The minimum Gasteiger partial charge on any atom is -0.353 e. The number of benzene rings is 1. The molecule has 0 radical (unpaired) electrons. The lowest BCUT2D eigenvalue weighted by molar-refractivity contribution is 0.0952. The molecule has 1 amide bonds. The van der Waals surface area contributed by atoms with Crippen molar-refractivity contribution in [3.05, 3.63) is 72.8 Å². The van der Waals surface area contributed by atoms with Crippen LogP contribution >= 0.6 is 0 Å². The highest BCUT2D eigenvalue weighted by Crippen LogP contribution is 2.14. The molecule has 0 aliphatic heterocycles. The van der Waals surface area contributed by atoms with Crippen molar-refractivity contribution in [2.75, 3.05) is 11.9 Å². The minimum absolute atomic E-state index is 0.102. The highest BCUT2D eigenvalue weighted by atomic mass is 16.1. The van der Waals surface area contributed by atoms with Gasteiger partial charge < -0.3 is 15.2 Å². The number of anilines is 2. The van der Waals surface area contributed by atoms with Crippen LogP contribution in [0.15, 0.2) is 67.3 Å². The van der Waals surface area contributed by atoms with Gasteiger partial charge in [0.25, 0.3) is 5.91 Å². The molecule has 6 heteroatoms. The molecule has 1 aromatic carbocycles. The van der Waals surface area contributed by atoms with Gasteiger partial charge in [-0.1, -0.05) is 6.07 Å². The van der Waals surface area contributed by atoms with Crippen LogP contribution in [0, 0.1) is 0 Å². The average Bonchev–Trinajstić information content (AvgIpc) is 3.09. The third kappa shape index (κ3) is 4.16. The molecular formula is C17H17N5O. The Hall–Kier alpha value is -3.15. The fraction of sp³-hybridized carbons (Fsp3) is 0.118. The van der Waals surface area contributed by atoms with Crippen molar-refractivity contribution >= 4 is 17.5 Å². The van der Waals surface area contributed by atoms with E-state index in [9.17, 15) is 4.79 Å². The summed E-state index contributed by atoms with van der Waals surface area (Å²) >= 11 is 0. The zero-order chi connectivity index (χ0) is 15.9. The highest BCUT2D eigenvalue weighted by molar-refractivity contribution is 5.95. The minimum atomic E-state index is -0.102. The maximum absolute atomic E-state index is 12.2. The van der Waals surface area contributed by atoms with Crippen LogP contribution in [-0.4, -0.2) is 27.0 Å². The first kappa shape index (κ1) is 14.8. The van der Waals surface area contributed by atoms with Crippen LogP contribution < -0.4 is 10.6 Å². The van der Waals surface area contributed by atoms with Crippen LogP contribution in [0.2, 0.25) is 0 Å². The lowest BCUT2D eigenvalue weighted by Crippen LogP contribution is -2.26. The van der Waals surface area contributed by atoms with Gasteiger partial charge in [-0.15, -0.1) is 0 Å². The predicted molar refractivity (Wildman–Crippen MR) is 88.5 cm³/mol. The summed E-state index contributed by atoms with van der Waals surface area (Å²) < 4.78 is 2.02. The first-order valence-electron chi connectivity index (χ1n) is 7.34. The standard InChI is InChI=1S/C17H17N5O/c23-16(18-9-12-22-10-1-2-11-22)14-5-3-6-15(13-14)21-17-19-7-4-8-20-17/h1-8,10-11,13H,9,12H2,(H,18,23)(H,19,20,21). The van der Waals surface area contributed by atoms with Gasteiger partial charge in [0.2, 0.25) is 5.95 Å². The molecule has 116 valence electrons. The summed E-state index contributed by atoms with van der Waals surface area (Å²) in [4.78, 5) is 20.4. The Labute approximate surface area is 134 Å². The Bertz CT molecular complexity index is 756. The topological polar surface area (TPSA) is 71.8 Å². The van der Waals surface area contributed by atoms with E-state index in [0.29, 0.717) is 18.1 Å². The number of hydrogen-bond acceptors (Lipinski definition) is 4. The quantitative estimate of drug-likeness (QED) is 0.734. The Kier molecular flexibility index (Phi) is 4.63. The summed E-state index contributed by atoms with van der Waals surface area (Å²) in [5.41, 5.74) is 1.37. The van der Waals surface area contributed by atoms with E-state index < -0.39 is 0 Å². The smallest absolute Gasteiger partial charge is 0.251 e. The molecule has 3 aromatic rings. The molecular weight excluding hydrogens is 290 g/mol. The zero-order valence-electron chi connectivity index (χ0n) is 12.5. The van der Waals surface area contributed by atoms with Gasteiger partial charge in [0.1, 0.15) is 0 Å². The van der Waals surface area contributed by atoms with Crippen LogP contribution in [0.4, 0.5) is 11.6 Å². The van der Waals surface area contributed by atoms with Crippen molar-refractivity contribution in [1.82, 2.24) is 19.9 Å². The number of hydrogen-bond donors (Lipinski definition) is 2. The summed E-state index contributed by atoms with van der Waals surface area (Å²) in [7, 11) is 0. The lowest BCUT2D eigenvalue weighted by Gasteiger charge is -2.08. The molecule has 0 bridgehead atoms. The SMILES string of the molecule is O=C(NCCn1cccc1)c1cccc(Nc2ncccn2)c1. The predicted octanol–water partition coefficient (Wildman–Crippen LogP) is 2.45. The van der Waals surface area contributed by atoms with E-state index in [0.717, 1.165) is 12.2 Å². The second-order valence-electron chi connectivity index (χ2n) is 4.95. The second-order valence-corrected chi connectivity index (χ2v) is 4.95. The van der Waals surface area contributed by atoms with E-state index in [-0.39, 0.29) is 5.91 Å². The van der Waals surface area contributed by atoms with Gasteiger partial charge in [-0.3, -0.25) is 4.79 Å². The van der Waals surface area contributed by atoms with E-state index >= 15 is 0 Å². The van der Waals surface area contributed by atoms with Crippen LogP contribution in [0.5, 0.6) is 0 Å². The number of rotatable bonds is 6. The fourth-order valence-corrected chi connectivity index (χ4v) is 2.15. The number of carbonyl (C=O) groups excluding carboxylic acids is 1. The molecule has 6 nitrogen and oxygen atoms in total. The van der Waals surface area contributed by atoms with Gasteiger partial charge in [-0.25, -0.2) is 9.97 Å². The van der Waals surface area contributed by atoms with Crippen molar-refractivity contribution in [2.45, 2.75) is 6.54 Å². The van der Waals surface area contributed by atoms with Crippen LogP contribution in [0.25, 0.3) is 0 Å². The molecule has 2 heterocycles. The Morgan fingerprint density at radius 1 is 1.04 bits per heavy atom. The van der Waals surface area contributed by atoms with Gasteiger partial charge in [0.15, 0.2) is 0 Å². The Balaban J connectivity index is 1.59. The molecule has 0 aliphatic carbocycles. The first-order chi connectivity index (χ1) is 11.3. The van der Waals surface area contributed by atoms with Gasteiger partial charge in [0, 0.05) is 49.1 Å². The molecule has 0 saturated carbocycles. The van der Waals surface area contributed by atoms with E-state index in [4.69, 9.17) is 0 Å². The van der Waals surface area contributed by atoms with Crippen LogP contribution in [0.1, 0.15) is 10.4 Å². The molecule has 0 atom stereocenters. The number of nitrogens with one attached hydrogen (secondary N) is 2. The van der Waals surface area contributed by atoms with Crippen molar-refractivity contribution in [2.24, 2.45) is 0 Å². The average molecular weight is 307 g/mol. The molecule has 0 spiro atoms. The van der Waals surface area contributed by atoms with Gasteiger partial charge in [-0.05, 0) is 36.4 Å². The number of carbonyl (C=O) groups is 1.